The van der Waals surface area contributed by atoms with Crippen molar-refractivity contribution in [2.75, 3.05) is 33.9 Å². The van der Waals surface area contributed by atoms with Gasteiger partial charge in [-0.1, -0.05) is 18.2 Å². The maximum Gasteiger partial charge on any atom is 0.191 e. The average Bonchev–Trinajstić information content (AvgIpc) is 3.22. The van der Waals surface area contributed by atoms with Crippen LogP contribution >= 0.6 is 35.3 Å². The smallest absolute Gasteiger partial charge is 0.191 e. The Labute approximate surface area is 182 Å². The highest BCUT2D eigenvalue weighted by atomic mass is 127. The molecule has 0 bridgehead atoms. The first kappa shape index (κ1) is 22.0. The zero-order valence-corrected chi connectivity index (χ0v) is 19.0. The quantitative estimate of drug-likeness (QED) is 0.360. The van der Waals surface area contributed by atoms with Crippen molar-refractivity contribution < 1.29 is 9.47 Å². The van der Waals surface area contributed by atoms with Crippen molar-refractivity contribution in [1.82, 2.24) is 10.6 Å². The van der Waals surface area contributed by atoms with Crippen molar-refractivity contribution >= 4 is 41.3 Å². The summed E-state index contributed by atoms with van der Waals surface area (Å²) in [5.41, 5.74) is 1.37. The second-order valence-electron chi connectivity index (χ2n) is 6.48. The third-order valence-corrected chi connectivity index (χ3v) is 5.86. The van der Waals surface area contributed by atoms with Crippen LogP contribution in [0.5, 0.6) is 5.75 Å². The normalized spacial score (nSPS) is 16.3. The lowest BCUT2D eigenvalue weighted by Crippen LogP contribution is -2.47. The molecule has 0 unspecified atom stereocenters. The molecule has 0 atom stereocenters. The highest BCUT2D eigenvalue weighted by Crippen LogP contribution is 2.35. The van der Waals surface area contributed by atoms with Crippen molar-refractivity contribution in [2.45, 2.75) is 24.8 Å². The maximum absolute atomic E-state index is 5.62. The molecule has 1 aromatic heterocycles. The summed E-state index contributed by atoms with van der Waals surface area (Å²) in [5, 5.41) is 9.01. The molecule has 2 heterocycles. The second-order valence-corrected chi connectivity index (χ2v) is 7.51. The molecule has 7 heteroatoms. The minimum atomic E-state index is 0. The Hall–Kier alpha value is -1.32. The first-order valence-corrected chi connectivity index (χ1v) is 9.83. The van der Waals surface area contributed by atoms with Crippen LogP contribution in [0.3, 0.4) is 0 Å². The zero-order chi connectivity index (χ0) is 18.2. The molecule has 3 rings (SSSR count). The Morgan fingerprint density at radius 2 is 1.93 bits per heavy atom. The monoisotopic (exact) mass is 501 g/mol. The molecule has 2 aromatic rings. The van der Waals surface area contributed by atoms with Gasteiger partial charge in [-0.2, -0.15) is 0 Å². The van der Waals surface area contributed by atoms with E-state index in [1.165, 1.54) is 10.4 Å². The van der Waals surface area contributed by atoms with Gasteiger partial charge in [-0.25, -0.2) is 0 Å². The predicted octanol–water partition coefficient (Wildman–Crippen LogP) is 3.79. The number of guanidine groups is 1. The Morgan fingerprint density at radius 1 is 1.19 bits per heavy atom. The van der Waals surface area contributed by atoms with E-state index in [0.29, 0.717) is 0 Å². The number of nitrogens with one attached hydrogen (secondary N) is 2. The van der Waals surface area contributed by atoms with Gasteiger partial charge >= 0.3 is 0 Å². The Kier molecular flexibility index (Phi) is 8.85. The molecule has 27 heavy (non-hydrogen) atoms. The summed E-state index contributed by atoms with van der Waals surface area (Å²) in [4.78, 5) is 5.67. The highest BCUT2D eigenvalue weighted by molar-refractivity contribution is 14.0. The summed E-state index contributed by atoms with van der Waals surface area (Å²) in [6.07, 6.45) is 1.99. The maximum atomic E-state index is 5.62. The van der Waals surface area contributed by atoms with E-state index in [9.17, 15) is 0 Å². The zero-order valence-electron chi connectivity index (χ0n) is 15.9. The van der Waals surface area contributed by atoms with Crippen LogP contribution in [-0.4, -0.2) is 39.9 Å². The van der Waals surface area contributed by atoms with Gasteiger partial charge in [0.1, 0.15) is 5.75 Å². The van der Waals surface area contributed by atoms with Gasteiger partial charge in [0.15, 0.2) is 5.96 Å². The standard InChI is InChI=1S/C20H27N3O2S.HI/c1-21-19(22-14-18-4-3-13-26-18)23-15-20(9-11-25-12-10-20)16-5-7-17(24-2)8-6-16;/h3-8,13H,9-12,14-15H2,1-2H3,(H2,21,22,23);1H. The molecular weight excluding hydrogens is 473 g/mol. The molecule has 5 nitrogen and oxygen atoms in total. The van der Waals surface area contributed by atoms with Gasteiger partial charge in [-0.15, -0.1) is 35.3 Å². The van der Waals surface area contributed by atoms with E-state index in [1.54, 1.807) is 18.4 Å². The summed E-state index contributed by atoms with van der Waals surface area (Å²) in [7, 11) is 3.51. The number of methoxy groups -OCH3 is 1. The minimum Gasteiger partial charge on any atom is -0.497 e. The largest absolute Gasteiger partial charge is 0.497 e. The number of nitrogens with zero attached hydrogens (tertiary/aromatic N) is 1. The van der Waals surface area contributed by atoms with Gasteiger partial charge in [-0.3, -0.25) is 4.99 Å². The van der Waals surface area contributed by atoms with Crippen molar-refractivity contribution in [3.63, 3.8) is 0 Å². The molecule has 1 aromatic carbocycles. The van der Waals surface area contributed by atoms with E-state index in [1.807, 2.05) is 19.2 Å². The van der Waals surface area contributed by atoms with Crippen LogP contribution in [0.15, 0.2) is 46.8 Å². The molecule has 1 aliphatic rings. The fourth-order valence-electron chi connectivity index (χ4n) is 3.33. The molecule has 0 radical (unpaired) electrons. The third kappa shape index (κ3) is 5.83. The minimum absolute atomic E-state index is 0. The first-order chi connectivity index (χ1) is 12.8. The molecule has 1 aliphatic heterocycles. The average molecular weight is 501 g/mol. The van der Waals surface area contributed by atoms with Crippen molar-refractivity contribution in [3.8, 4) is 5.75 Å². The lowest BCUT2D eigenvalue weighted by Gasteiger charge is -2.38. The van der Waals surface area contributed by atoms with Gasteiger partial charge in [0.05, 0.1) is 13.7 Å². The number of aliphatic imine (C=N–C) groups is 1. The van der Waals surface area contributed by atoms with Crippen LogP contribution in [0.4, 0.5) is 0 Å². The molecular formula is C20H28IN3O2S. The van der Waals surface area contributed by atoms with Gasteiger partial charge in [0.25, 0.3) is 0 Å². The molecule has 0 aliphatic carbocycles. The molecule has 0 saturated carbocycles. The van der Waals surface area contributed by atoms with Gasteiger partial charge in [-0.05, 0) is 42.0 Å². The van der Waals surface area contributed by atoms with Crippen LogP contribution in [0.1, 0.15) is 23.3 Å². The van der Waals surface area contributed by atoms with Crippen molar-refractivity contribution in [3.05, 3.63) is 52.2 Å². The fraction of sp³-hybridized carbons (Fsp3) is 0.450. The van der Waals surface area contributed by atoms with Gasteiger partial charge in [0.2, 0.25) is 0 Å². The topological polar surface area (TPSA) is 54.9 Å². The number of halogens is 1. The number of benzene rings is 1. The number of ether oxygens (including phenoxy) is 2. The van der Waals surface area contributed by atoms with Crippen LogP contribution in [0.25, 0.3) is 0 Å². The lowest BCUT2D eigenvalue weighted by atomic mass is 9.74. The SMILES string of the molecule is CN=C(NCc1cccs1)NCC1(c2ccc(OC)cc2)CCOCC1.I. The van der Waals surface area contributed by atoms with Crippen molar-refractivity contribution in [2.24, 2.45) is 4.99 Å². The van der Waals surface area contributed by atoms with E-state index in [4.69, 9.17) is 9.47 Å². The Bertz CT molecular complexity index is 699. The number of hydrogen-bond donors (Lipinski definition) is 2. The van der Waals surface area contributed by atoms with Gasteiger partial charge < -0.3 is 20.1 Å². The van der Waals surface area contributed by atoms with E-state index in [2.05, 4.69) is 45.3 Å². The van der Waals surface area contributed by atoms with Crippen molar-refractivity contribution in [1.29, 1.82) is 0 Å². The first-order valence-electron chi connectivity index (χ1n) is 8.95. The molecule has 2 N–H and O–H groups in total. The van der Waals surface area contributed by atoms with Crippen LogP contribution in [0.2, 0.25) is 0 Å². The molecule has 0 amide bonds. The van der Waals surface area contributed by atoms with Crippen LogP contribution < -0.4 is 15.4 Å². The highest BCUT2D eigenvalue weighted by Gasteiger charge is 2.34. The lowest BCUT2D eigenvalue weighted by molar-refractivity contribution is 0.0513. The Morgan fingerprint density at radius 3 is 2.52 bits per heavy atom. The summed E-state index contributed by atoms with van der Waals surface area (Å²) in [6.45, 7) is 3.19. The second kappa shape index (κ2) is 10.9. The van der Waals surface area contributed by atoms with Crippen LogP contribution in [0, 0.1) is 0 Å². The molecule has 148 valence electrons. The molecule has 1 fully saturated rings. The number of hydrogen-bond acceptors (Lipinski definition) is 4. The van der Waals surface area contributed by atoms with Crippen LogP contribution in [-0.2, 0) is 16.7 Å². The van der Waals surface area contributed by atoms with E-state index in [0.717, 1.165) is 50.9 Å². The Balaban J connectivity index is 0.00000261. The third-order valence-electron chi connectivity index (χ3n) is 4.98. The fourth-order valence-corrected chi connectivity index (χ4v) is 3.98. The molecule has 0 spiro atoms. The molecule has 1 saturated heterocycles. The predicted molar refractivity (Wildman–Crippen MR) is 123 cm³/mol. The van der Waals surface area contributed by atoms with E-state index in [-0.39, 0.29) is 29.4 Å². The summed E-state index contributed by atoms with van der Waals surface area (Å²) in [5.74, 6) is 1.72. The number of thiophene rings is 1. The van der Waals surface area contributed by atoms with E-state index < -0.39 is 0 Å². The van der Waals surface area contributed by atoms with E-state index >= 15 is 0 Å². The number of rotatable bonds is 6. The summed E-state index contributed by atoms with van der Waals surface area (Å²) < 4.78 is 10.9. The summed E-state index contributed by atoms with van der Waals surface area (Å²) in [6, 6.07) is 12.6. The van der Waals surface area contributed by atoms with Gasteiger partial charge in [0, 0.05) is 37.1 Å². The summed E-state index contributed by atoms with van der Waals surface area (Å²) >= 11 is 1.75.